The Morgan fingerprint density at radius 1 is 0.620 bits per heavy atom. The summed E-state index contributed by atoms with van der Waals surface area (Å²) >= 11 is 4.49. The molecule has 2 unspecified atom stereocenters. The van der Waals surface area contributed by atoms with Crippen molar-refractivity contribution in [2.24, 2.45) is 10.8 Å². The zero-order valence-corrected chi connectivity index (χ0v) is 41.7. The number of hydrogen-bond donors (Lipinski definition) is 0. The standard InChI is InChI=1S/2C21H33SSi.2ClH.2Ti/c2*1-7-8-17-22-21(23(5,6)18-13-9-10-14-18)16-12-11-15-19(21)20(2,3)4;;;;/h2*9,11-13,15H,7-8,10,16-17H2,1-6H3;2*1H;;/q2*-1;;;2*+2/p-2. The molecule has 0 amide bonds. The van der Waals surface area contributed by atoms with Gasteiger partial charge in [-0.25, -0.2) is 22.5 Å². The molecular weight excluding hydrogens is 791 g/mol. The third kappa shape index (κ3) is 12.0. The minimum absolute atomic E-state index is 0. The van der Waals surface area contributed by atoms with Crippen LogP contribution in [0.25, 0.3) is 0 Å². The maximum absolute atomic E-state index is 3.68. The van der Waals surface area contributed by atoms with Crippen LogP contribution in [0.3, 0.4) is 0 Å². The molecule has 0 aliphatic heterocycles. The Morgan fingerprint density at radius 2 is 0.960 bits per heavy atom. The van der Waals surface area contributed by atoms with Crippen molar-refractivity contribution in [1.82, 2.24) is 0 Å². The molecule has 4 rings (SSSR count). The van der Waals surface area contributed by atoms with E-state index < -0.39 is 16.1 Å². The molecule has 50 heavy (non-hydrogen) atoms. The molecule has 0 aromatic carbocycles. The second kappa shape index (κ2) is 22.6. The van der Waals surface area contributed by atoms with Gasteiger partial charge in [-0.15, -0.1) is 12.8 Å². The summed E-state index contributed by atoms with van der Waals surface area (Å²) in [7, 11) is -3.36. The molecule has 4 aliphatic rings. The number of hydrogen-bond acceptors (Lipinski definition) is 2. The molecule has 0 saturated carbocycles. The van der Waals surface area contributed by atoms with E-state index in [4.69, 9.17) is 0 Å². The first-order chi connectivity index (χ1) is 21.5. The normalized spacial score (nSPS) is 22.8. The Labute approximate surface area is 362 Å². The van der Waals surface area contributed by atoms with Crippen LogP contribution in [-0.4, -0.2) is 36.4 Å². The van der Waals surface area contributed by atoms with Crippen LogP contribution >= 0.6 is 23.5 Å². The molecular formula is C42H66Cl2S2Si2Ti2. The fraction of sp³-hybridized carbons (Fsp3) is 0.619. The van der Waals surface area contributed by atoms with E-state index in [2.05, 4.69) is 178 Å². The van der Waals surface area contributed by atoms with Crippen molar-refractivity contribution >= 4 is 39.7 Å². The third-order valence-electron chi connectivity index (χ3n) is 10.5. The Kier molecular flexibility index (Phi) is 24.0. The molecule has 0 aromatic rings. The first-order valence-electron chi connectivity index (χ1n) is 18.1. The minimum atomic E-state index is -1.68. The largest absolute Gasteiger partial charge is 2.00 e. The van der Waals surface area contributed by atoms with Crippen LogP contribution in [0.4, 0.5) is 0 Å². The van der Waals surface area contributed by atoms with E-state index in [1.807, 2.05) is 0 Å². The van der Waals surface area contributed by atoms with Gasteiger partial charge in [0.25, 0.3) is 0 Å². The van der Waals surface area contributed by atoms with Crippen LogP contribution < -0.4 is 24.8 Å². The SMILES string of the molecule is CCCCSC1([Si](C)(C)C2=[C-]CC=C2)CC=CC=C1C(C)(C)C.CCCCSC1([Si](C)(C)C2=[C-]CC=C2)CC=CC=C1C(C)(C)C.[Cl-].[Cl-].[Ti+2].[Ti+2]. The molecule has 0 heterocycles. The van der Waals surface area contributed by atoms with Gasteiger partial charge < -0.3 is 24.8 Å². The molecule has 0 N–H and O–H groups in total. The van der Waals surface area contributed by atoms with E-state index in [-0.39, 0.29) is 87.8 Å². The first kappa shape index (κ1) is 53.2. The van der Waals surface area contributed by atoms with Gasteiger partial charge in [-0.1, -0.05) is 142 Å². The number of thioether (sulfide) groups is 2. The maximum Gasteiger partial charge on any atom is 2.00 e. The Balaban J connectivity index is 0. The predicted molar refractivity (Wildman–Crippen MR) is 219 cm³/mol. The van der Waals surface area contributed by atoms with Crippen LogP contribution in [-0.2, 0) is 43.4 Å². The monoisotopic (exact) mass is 856 g/mol. The van der Waals surface area contributed by atoms with Crippen molar-refractivity contribution in [1.29, 1.82) is 0 Å². The number of rotatable bonds is 12. The first-order valence-corrected chi connectivity index (χ1v) is 26.1. The predicted octanol–water partition coefficient (Wildman–Crippen LogP) is 7.34. The van der Waals surface area contributed by atoms with Gasteiger partial charge in [-0.2, -0.15) is 35.7 Å². The number of unbranched alkanes of at least 4 members (excludes halogenated alkanes) is 2. The van der Waals surface area contributed by atoms with E-state index in [1.54, 1.807) is 11.1 Å². The second-order valence-corrected chi connectivity index (χ2v) is 29.4. The summed E-state index contributed by atoms with van der Waals surface area (Å²) in [6.07, 6.45) is 40.5. The Bertz CT molecular complexity index is 1210. The van der Waals surface area contributed by atoms with E-state index in [0.29, 0.717) is 0 Å². The molecule has 0 nitrogen and oxygen atoms in total. The van der Waals surface area contributed by atoms with Crippen LogP contribution in [0, 0.1) is 23.0 Å². The summed E-state index contributed by atoms with van der Waals surface area (Å²) < 4.78 is 0.540. The van der Waals surface area contributed by atoms with E-state index in [0.717, 1.165) is 12.8 Å². The molecule has 276 valence electrons. The summed E-state index contributed by atoms with van der Waals surface area (Å²) in [5, 5.41) is 3.07. The van der Waals surface area contributed by atoms with Gasteiger partial charge in [0.2, 0.25) is 0 Å². The molecule has 0 aromatic heterocycles. The van der Waals surface area contributed by atoms with Crippen molar-refractivity contribution in [3.63, 3.8) is 0 Å². The van der Waals surface area contributed by atoms with Crippen molar-refractivity contribution in [3.8, 4) is 0 Å². The van der Waals surface area contributed by atoms with Gasteiger partial charge in [0.15, 0.2) is 0 Å². The van der Waals surface area contributed by atoms with Gasteiger partial charge in [-0.05, 0) is 48.0 Å². The van der Waals surface area contributed by atoms with Crippen LogP contribution in [0.2, 0.25) is 26.2 Å². The fourth-order valence-corrected chi connectivity index (χ4v) is 21.5. The summed E-state index contributed by atoms with van der Waals surface area (Å²) in [5.74, 6) is 2.54. The van der Waals surface area contributed by atoms with E-state index in [1.165, 1.54) is 60.4 Å². The smallest absolute Gasteiger partial charge is 1.00 e. The summed E-state index contributed by atoms with van der Waals surface area (Å²) in [4.78, 5) is 0. The van der Waals surface area contributed by atoms with Crippen molar-refractivity contribution < 1.29 is 68.2 Å². The van der Waals surface area contributed by atoms with Crippen LogP contribution in [0.5, 0.6) is 0 Å². The van der Waals surface area contributed by atoms with Crippen molar-refractivity contribution in [2.75, 3.05) is 11.5 Å². The fourth-order valence-electron chi connectivity index (χ4n) is 7.70. The Morgan fingerprint density at radius 3 is 1.22 bits per heavy atom. The van der Waals surface area contributed by atoms with Crippen molar-refractivity contribution in [2.45, 2.75) is 142 Å². The average molecular weight is 858 g/mol. The topological polar surface area (TPSA) is 0 Å². The molecule has 4 aliphatic carbocycles. The van der Waals surface area contributed by atoms with Gasteiger partial charge in [0, 0.05) is 8.74 Å². The van der Waals surface area contributed by atoms with E-state index >= 15 is 0 Å². The Hall–Kier alpha value is 1.06. The van der Waals surface area contributed by atoms with Gasteiger partial charge in [0.1, 0.15) is 0 Å². The average Bonchev–Trinajstić information content (AvgIpc) is 3.73. The van der Waals surface area contributed by atoms with E-state index in [9.17, 15) is 0 Å². The van der Waals surface area contributed by atoms with Crippen LogP contribution in [0.15, 0.2) is 82.3 Å². The molecule has 0 fully saturated rings. The summed E-state index contributed by atoms with van der Waals surface area (Å²) in [6, 6.07) is 0. The molecule has 8 heteroatoms. The minimum Gasteiger partial charge on any atom is -1.00 e. The quantitative estimate of drug-likeness (QED) is 0.115. The summed E-state index contributed by atoms with van der Waals surface area (Å²) in [5.41, 5.74) is 3.74. The number of allylic oxidation sites excluding steroid dienone is 14. The van der Waals surface area contributed by atoms with Crippen LogP contribution in [0.1, 0.15) is 107 Å². The van der Waals surface area contributed by atoms with Gasteiger partial charge >= 0.3 is 43.4 Å². The maximum atomic E-state index is 3.68. The molecule has 0 saturated heterocycles. The third-order valence-corrected chi connectivity index (χ3v) is 25.6. The second-order valence-electron chi connectivity index (χ2n) is 16.6. The summed E-state index contributed by atoms with van der Waals surface area (Å²) in [6.45, 7) is 29.2. The zero-order chi connectivity index (χ0) is 34.3. The molecule has 0 bridgehead atoms. The molecule has 0 spiro atoms. The number of halogens is 2. The van der Waals surface area contributed by atoms with Gasteiger partial charge in [-0.3, -0.25) is 12.2 Å². The van der Waals surface area contributed by atoms with Crippen molar-refractivity contribution in [3.05, 3.63) is 94.5 Å². The zero-order valence-electron chi connectivity index (χ0n) is 33.4. The molecule has 0 radical (unpaired) electrons. The molecule has 2 atom stereocenters. The van der Waals surface area contributed by atoms with Gasteiger partial charge in [0.05, 0.1) is 16.1 Å².